The summed E-state index contributed by atoms with van der Waals surface area (Å²) < 4.78 is 0. The second kappa shape index (κ2) is 4.53. The summed E-state index contributed by atoms with van der Waals surface area (Å²) in [6.07, 6.45) is 2.46. The quantitative estimate of drug-likeness (QED) is 0.835. The first-order chi connectivity index (χ1) is 7.99. The highest BCUT2D eigenvalue weighted by Gasteiger charge is 2.31. The summed E-state index contributed by atoms with van der Waals surface area (Å²) in [5.41, 5.74) is 6.03. The Balaban J connectivity index is 2.28. The van der Waals surface area contributed by atoms with Crippen LogP contribution in [0.25, 0.3) is 0 Å². The summed E-state index contributed by atoms with van der Waals surface area (Å²) in [6, 6.07) is 1.79. The predicted molar refractivity (Wildman–Crippen MR) is 67.9 cm³/mol. The lowest BCUT2D eigenvalue weighted by Gasteiger charge is -2.22. The molecular formula is C12H16ClN3O. The third kappa shape index (κ3) is 2.36. The minimum atomic E-state index is -0.0547. The molecule has 2 N–H and O–H groups in total. The first-order valence-corrected chi connectivity index (χ1v) is 6.09. The summed E-state index contributed by atoms with van der Waals surface area (Å²) in [7, 11) is 0. The second-order valence-corrected chi connectivity index (χ2v) is 5.14. The Labute approximate surface area is 106 Å². The average Bonchev–Trinajstić information content (AvgIpc) is 2.60. The van der Waals surface area contributed by atoms with E-state index in [2.05, 4.69) is 18.8 Å². The van der Waals surface area contributed by atoms with Crippen LogP contribution in [0.1, 0.15) is 30.6 Å². The van der Waals surface area contributed by atoms with Crippen molar-refractivity contribution in [2.24, 2.45) is 5.92 Å². The average molecular weight is 254 g/mol. The molecule has 0 aromatic carbocycles. The number of carbonyl (C=O) groups excluding carboxylic acids is 1. The van der Waals surface area contributed by atoms with E-state index in [1.165, 1.54) is 6.20 Å². The van der Waals surface area contributed by atoms with Crippen LogP contribution in [0, 0.1) is 5.92 Å². The van der Waals surface area contributed by atoms with E-state index in [-0.39, 0.29) is 11.9 Å². The van der Waals surface area contributed by atoms with Gasteiger partial charge in [-0.05, 0) is 25.3 Å². The van der Waals surface area contributed by atoms with E-state index >= 15 is 0 Å². The number of likely N-dealkylation sites (tertiary alicyclic amines) is 1. The first kappa shape index (κ1) is 12.2. The maximum Gasteiger partial charge on any atom is 0.255 e. The molecule has 0 bridgehead atoms. The molecule has 0 radical (unpaired) electrons. The monoisotopic (exact) mass is 253 g/mol. The minimum absolute atomic E-state index is 0.0547. The first-order valence-electron chi connectivity index (χ1n) is 5.71. The lowest BCUT2D eigenvalue weighted by molar-refractivity contribution is 0.0744. The summed E-state index contributed by atoms with van der Waals surface area (Å²) in [6.45, 7) is 4.98. The summed E-state index contributed by atoms with van der Waals surface area (Å²) >= 11 is 5.99. The molecule has 5 heteroatoms. The molecule has 4 nitrogen and oxygen atoms in total. The number of hydrogen-bond donors (Lipinski definition) is 1. The van der Waals surface area contributed by atoms with E-state index in [4.69, 9.17) is 17.3 Å². The zero-order valence-electron chi connectivity index (χ0n) is 9.98. The SMILES string of the molecule is CC1CC(C)N(C(=O)c2cc(N)ncc2Cl)C1. The van der Waals surface area contributed by atoms with E-state index in [0.29, 0.717) is 22.3 Å². The Bertz CT molecular complexity index is 449. The Kier molecular flexibility index (Phi) is 3.24. The van der Waals surface area contributed by atoms with Gasteiger partial charge < -0.3 is 10.6 Å². The van der Waals surface area contributed by atoms with Crippen LogP contribution in [-0.2, 0) is 0 Å². The van der Waals surface area contributed by atoms with Crippen molar-refractivity contribution < 1.29 is 4.79 Å². The Morgan fingerprint density at radius 3 is 2.88 bits per heavy atom. The molecule has 1 aromatic heterocycles. The molecule has 2 unspecified atom stereocenters. The molecule has 1 fully saturated rings. The Morgan fingerprint density at radius 1 is 1.59 bits per heavy atom. The highest BCUT2D eigenvalue weighted by Crippen LogP contribution is 2.26. The molecule has 1 amide bonds. The van der Waals surface area contributed by atoms with Gasteiger partial charge in [0.1, 0.15) is 5.82 Å². The summed E-state index contributed by atoms with van der Waals surface area (Å²) in [5, 5.41) is 0.357. The fourth-order valence-electron chi connectivity index (χ4n) is 2.36. The zero-order chi connectivity index (χ0) is 12.6. The van der Waals surface area contributed by atoms with Gasteiger partial charge in [0.2, 0.25) is 0 Å². The number of nitrogens with zero attached hydrogens (tertiary/aromatic N) is 2. The molecule has 0 saturated carbocycles. The van der Waals surface area contributed by atoms with Crippen molar-refractivity contribution in [1.82, 2.24) is 9.88 Å². The third-order valence-electron chi connectivity index (χ3n) is 3.15. The fourth-order valence-corrected chi connectivity index (χ4v) is 2.54. The van der Waals surface area contributed by atoms with Crippen LogP contribution in [0.3, 0.4) is 0 Å². The number of pyridine rings is 1. The van der Waals surface area contributed by atoms with Crippen molar-refractivity contribution in [3.05, 3.63) is 22.8 Å². The number of carbonyl (C=O) groups is 1. The highest BCUT2D eigenvalue weighted by atomic mass is 35.5. The van der Waals surface area contributed by atoms with Gasteiger partial charge in [-0.15, -0.1) is 0 Å². The number of halogens is 1. The van der Waals surface area contributed by atoms with Crippen LogP contribution < -0.4 is 5.73 Å². The Hall–Kier alpha value is -1.29. The molecule has 1 saturated heterocycles. The van der Waals surface area contributed by atoms with Gasteiger partial charge in [-0.3, -0.25) is 4.79 Å². The van der Waals surface area contributed by atoms with Crippen molar-refractivity contribution in [1.29, 1.82) is 0 Å². The largest absolute Gasteiger partial charge is 0.384 e. The van der Waals surface area contributed by atoms with Crippen LogP contribution >= 0.6 is 11.6 Å². The molecule has 2 rings (SSSR count). The molecule has 1 aromatic rings. The maximum absolute atomic E-state index is 12.3. The van der Waals surface area contributed by atoms with Crippen molar-refractivity contribution in [2.75, 3.05) is 12.3 Å². The van der Waals surface area contributed by atoms with Gasteiger partial charge in [-0.25, -0.2) is 4.98 Å². The van der Waals surface area contributed by atoms with Gasteiger partial charge in [0.25, 0.3) is 5.91 Å². The molecular weight excluding hydrogens is 238 g/mol. The standard InChI is InChI=1S/C12H16ClN3O/c1-7-3-8(2)16(6-7)12(17)9-4-11(14)15-5-10(9)13/h4-5,7-8H,3,6H2,1-2H3,(H2,14,15). The van der Waals surface area contributed by atoms with Crippen molar-refractivity contribution >= 4 is 23.3 Å². The van der Waals surface area contributed by atoms with Crippen LogP contribution in [0.5, 0.6) is 0 Å². The number of aromatic nitrogens is 1. The fraction of sp³-hybridized carbons (Fsp3) is 0.500. The summed E-state index contributed by atoms with van der Waals surface area (Å²) in [5.74, 6) is 0.797. The van der Waals surface area contributed by atoms with Gasteiger partial charge in [0, 0.05) is 18.8 Å². The maximum atomic E-state index is 12.3. The van der Waals surface area contributed by atoms with Gasteiger partial charge in [-0.1, -0.05) is 18.5 Å². The van der Waals surface area contributed by atoms with Crippen LogP contribution in [0.15, 0.2) is 12.3 Å². The number of amides is 1. The number of anilines is 1. The van der Waals surface area contributed by atoms with E-state index in [1.54, 1.807) is 6.07 Å². The zero-order valence-corrected chi connectivity index (χ0v) is 10.7. The smallest absolute Gasteiger partial charge is 0.255 e. The van der Waals surface area contributed by atoms with Gasteiger partial charge in [0.15, 0.2) is 0 Å². The molecule has 2 atom stereocenters. The van der Waals surface area contributed by atoms with Crippen LogP contribution in [0.2, 0.25) is 5.02 Å². The molecule has 2 heterocycles. The van der Waals surface area contributed by atoms with Crippen LogP contribution in [0.4, 0.5) is 5.82 Å². The van der Waals surface area contributed by atoms with Crippen LogP contribution in [-0.4, -0.2) is 28.4 Å². The Morgan fingerprint density at radius 2 is 2.29 bits per heavy atom. The van der Waals surface area contributed by atoms with E-state index in [9.17, 15) is 4.79 Å². The topological polar surface area (TPSA) is 59.2 Å². The van der Waals surface area contributed by atoms with Gasteiger partial charge in [-0.2, -0.15) is 0 Å². The molecule has 17 heavy (non-hydrogen) atoms. The number of hydrogen-bond acceptors (Lipinski definition) is 3. The lowest BCUT2D eigenvalue weighted by atomic mass is 10.1. The van der Waals surface area contributed by atoms with Crippen molar-refractivity contribution in [3.63, 3.8) is 0 Å². The normalized spacial score (nSPS) is 24.1. The lowest BCUT2D eigenvalue weighted by Crippen LogP contribution is -2.34. The molecule has 1 aliphatic rings. The molecule has 92 valence electrons. The molecule has 0 aliphatic carbocycles. The third-order valence-corrected chi connectivity index (χ3v) is 3.45. The number of nitrogens with two attached hydrogens (primary N) is 1. The van der Waals surface area contributed by atoms with E-state index in [1.807, 2.05) is 4.90 Å². The summed E-state index contributed by atoms with van der Waals surface area (Å²) in [4.78, 5) is 18.0. The highest BCUT2D eigenvalue weighted by molar-refractivity contribution is 6.33. The molecule has 1 aliphatic heterocycles. The van der Waals surface area contributed by atoms with Gasteiger partial charge >= 0.3 is 0 Å². The van der Waals surface area contributed by atoms with Crippen molar-refractivity contribution in [2.45, 2.75) is 26.3 Å². The van der Waals surface area contributed by atoms with E-state index in [0.717, 1.165) is 13.0 Å². The van der Waals surface area contributed by atoms with Gasteiger partial charge in [0.05, 0.1) is 10.6 Å². The second-order valence-electron chi connectivity index (χ2n) is 4.74. The minimum Gasteiger partial charge on any atom is -0.384 e. The van der Waals surface area contributed by atoms with Crippen molar-refractivity contribution in [3.8, 4) is 0 Å². The molecule has 0 spiro atoms. The van der Waals surface area contributed by atoms with E-state index < -0.39 is 0 Å². The predicted octanol–water partition coefficient (Wildman–Crippen LogP) is 2.19. The number of nitrogen functional groups attached to an aromatic ring is 1. The number of rotatable bonds is 1.